The van der Waals surface area contributed by atoms with Gasteiger partial charge in [-0.2, -0.15) is 0 Å². The molecule has 1 amide bonds. The average molecular weight is 234 g/mol. The van der Waals surface area contributed by atoms with Crippen LogP contribution in [0.25, 0.3) is 0 Å². The molecule has 1 rings (SSSR count). The first-order valence-corrected chi connectivity index (χ1v) is 5.93. The van der Waals surface area contributed by atoms with Crippen LogP contribution in [0.5, 0.6) is 0 Å². The van der Waals surface area contributed by atoms with Gasteiger partial charge in [0.2, 0.25) is 5.91 Å². The van der Waals surface area contributed by atoms with Gasteiger partial charge in [0.05, 0.1) is 5.54 Å². The number of nitrogens with one attached hydrogen (secondary N) is 1. The van der Waals surface area contributed by atoms with Crippen molar-refractivity contribution in [1.29, 1.82) is 0 Å². The van der Waals surface area contributed by atoms with Crippen molar-refractivity contribution < 1.29 is 4.79 Å². The van der Waals surface area contributed by atoms with Gasteiger partial charge in [-0.3, -0.25) is 4.79 Å². The lowest BCUT2D eigenvalue weighted by atomic mass is 9.97. The first-order valence-electron chi connectivity index (χ1n) is 5.93. The van der Waals surface area contributed by atoms with Crippen molar-refractivity contribution in [3.8, 4) is 0 Å². The molecule has 3 nitrogen and oxygen atoms in total. The molecule has 0 aliphatic carbocycles. The fourth-order valence-electron chi connectivity index (χ4n) is 1.62. The van der Waals surface area contributed by atoms with Crippen LogP contribution in [0.3, 0.4) is 0 Å². The van der Waals surface area contributed by atoms with Gasteiger partial charge in [-0.1, -0.05) is 32.0 Å². The summed E-state index contributed by atoms with van der Waals surface area (Å²) < 4.78 is 0. The number of carbonyl (C=O) groups is 1. The molecule has 0 aromatic heterocycles. The molecule has 0 heterocycles. The number of benzene rings is 1. The van der Waals surface area contributed by atoms with Crippen LogP contribution in [-0.4, -0.2) is 11.4 Å². The first-order chi connectivity index (χ1) is 7.73. The zero-order chi connectivity index (χ0) is 13.2. The number of nitrogens with two attached hydrogens (primary N) is 1. The van der Waals surface area contributed by atoms with E-state index in [9.17, 15) is 4.79 Å². The summed E-state index contributed by atoms with van der Waals surface area (Å²) in [5, 5.41) is 2.94. The summed E-state index contributed by atoms with van der Waals surface area (Å²) in [6.45, 7) is 9.62. The SMILES string of the molecule is Cc1cccc(C(C)C)c1NC(=O)C(C)(C)N. The van der Waals surface area contributed by atoms with Gasteiger partial charge in [-0.05, 0) is 37.8 Å². The highest BCUT2D eigenvalue weighted by molar-refractivity contribution is 5.98. The molecule has 0 saturated carbocycles. The molecule has 3 heteroatoms. The Morgan fingerprint density at radius 1 is 1.35 bits per heavy atom. The smallest absolute Gasteiger partial charge is 0.243 e. The number of anilines is 1. The molecule has 1 aromatic carbocycles. The van der Waals surface area contributed by atoms with Gasteiger partial charge in [-0.25, -0.2) is 0 Å². The Balaban J connectivity index is 3.10. The van der Waals surface area contributed by atoms with E-state index in [4.69, 9.17) is 5.73 Å². The molecule has 0 saturated heterocycles. The summed E-state index contributed by atoms with van der Waals surface area (Å²) >= 11 is 0. The maximum Gasteiger partial charge on any atom is 0.243 e. The molecule has 0 aliphatic heterocycles. The Hall–Kier alpha value is -1.35. The van der Waals surface area contributed by atoms with E-state index in [1.807, 2.05) is 25.1 Å². The number of amides is 1. The Morgan fingerprint density at radius 2 is 1.94 bits per heavy atom. The third kappa shape index (κ3) is 3.30. The molecule has 3 N–H and O–H groups in total. The van der Waals surface area contributed by atoms with Gasteiger partial charge in [0.15, 0.2) is 0 Å². The largest absolute Gasteiger partial charge is 0.324 e. The molecule has 94 valence electrons. The highest BCUT2D eigenvalue weighted by atomic mass is 16.2. The second-order valence-corrected chi connectivity index (χ2v) is 5.37. The second kappa shape index (κ2) is 4.88. The summed E-state index contributed by atoms with van der Waals surface area (Å²) in [6, 6.07) is 6.04. The van der Waals surface area contributed by atoms with E-state index in [2.05, 4.69) is 19.2 Å². The van der Waals surface area contributed by atoms with Crippen LogP contribution in [0.15, 0.2) is 18.2 Å². The van der Waals surface area contributed by atoms with E-state index < -0.39 is 5.54 Å². The molecule has 0 unspecified atom stereocenters. The minimum absolute atomic E-state index is 0.159. The maximum atomic E-state index is 11.9. The molecule has 0 atom stereocenters. The van der Waals surface area contributed by atoms with Crippen LogP contribution < -0.4 is 11.1 Å². The van der Waals surface area contributed by atoms with Crippen molar-refractivity contribution in [3.05, 3.63) is 29.3 Å². The number of para-hydroxylation sites is 1. The van der Waals surface area contributed by atoms with Gasteiger partial charge >= 0.3 is 0 Å². The van der Waals surface area contributed by atoms with E-state index >= 15 is 0 Å². The molecule has 0 fully saturated rings. The number of aryl methyl sites for hydroxylation is 1. The monoisotopic (exact) mass is 234 g/mol. The minimum Gasteiger partial charge on any atom is -0.324 e. The van der Waals surface area contributed by atoms with Crippen LogP contribution in [0.2, 0.25) is 0 Å². The third-order valence-electron chi connectivity index (χ3n) is 2.75. The van der Waals surface area contributed by atoms with E-state index in [0.29, 0.717) is 5.92 Å². The number of carbonyl (C=O) groups excluding carboxylic acids is 1. The van der Waals surface area contributed by atoms with Crippen molar-refractivity contribution in [3.63, 3.8) is 0 Å². The van der Waals surface area contributed by atoms with E-state index in [1.165, 1.54) is 0 Å². The maximum absolute atomic E-state index is 11.9. The predicted molar refractivity (Wildman–Crippen MR) is 72.2 cm³/mol. The molecule has 0 spiro atoms. The summed E-state index contributed by atoms with van der Waals surface area (Å²) in [5.41, 5.74) is 8.03. The number of hydrogen-bond donors (Lipinski definition) is 2. The quantitative estimate of drug-likeness (QED) is 0.845. The van der Waals surface area contributed by atoms with Gasteiger partial charge in [-0.15, -0.1) is 0 Å². The van der Waals surface area contributed by atoms with Crippen LogP contribution in [0.4, 0.5) is 5.69 Å². The molecule has 1 aromatic rings. The Bertz CT molecular complexity index is 417. The van der Waals surface area contributed by atoms with Crippen molar-refractivity contribution in [1.82, 2.24) is 0 Å². The highest BCUT2D eigenvalue weighted by Crippen LogP contribution is 2.27. The molecular weight excluding hydrogens is 212 g/mol. The Morgan fingerprint density at radius 3 is 2.41 bits per heavy atom. The van der Waals surface area contributed by atoms with Crippen molar-refractivity contribution in [2.45, 2.75) is 46.1 Å². The number of hydrogen-bond acceptors (Lipinski definition) is 2. The fraction of sp³-hybridized carbons (Fsp3) is 0.500. The van der Waals surface area contributed by atoms with Crippen LogP contribution in [-0.2, 0) is 4.79 Å². The van der Waals surface area contributed by atoms with Crippen molar-refractivity contribution >= 4 is 11.6 Å². The van der Waals surface area contributed by atoms with E-state index in [0.717, 1.165) is 16.8 Å². The molecule has 17 heavy (non-hydrogen) atoms. The van der Waals surface area contributed by atoms with Crippen molar-refractivity contribution in [2.75, 3.05) is 5.32 Å². The lowest BCUT2D eigenvalue weighted by Gasteiger charge is -2.22. The van der Waals surface area contributed by atoms with Gasteiger partial charge in [0.25, 0.3) is 0 Å². The summed E-state index contributed by atoms with van der Waals surface area (Å²) in [5.74, 6) is 0.208. The normalized spacial score (nSPS) is 11.7. The number of rotatable bonds is 3. The lowest BCUT2D eigenvalue weighted by Crippen LogP contribution is -2.45. The van der Waals surface area contributed by atoms with E-state index in [1.54, 1.807) is 13.8 Å². The Labute approximate surface area is 103 Å². The van der Waals surface area contributed by atoms with Crippen LogP contribution >= 0.6 is 0 Å². The summed E-state index contributed by atoms with van der Waals surface area (Å²) in [4.78, 5) is 11.9. The summed E-state index contributed by atoms with van der Waals surface area (Å²) in [6.07, 6.45) is 0. The van der Waals surface area contributed by atoms with Crippen molar-refractivity contribution in [2.24, 2.45) is 5.73 Å². The van der Waals surface area contributed by atoms with Gasteiger partial charge in [0, 0.05) is 5.69 Å². The second-order valence-electron chi connectivity index (χ2n) is 5.37. The molecule has 0 aliphatic rings. The highest BCUT2D eigenvalue weighted by Gasteiger charge is 2.23. The van der Waals surface area contributed by atoms with Crippen LogP contribution in [0.1, 0.15) is 44.7 Å². The average Bonchev–Trinajstić information content (AvgIpc) is 2.18. The van der Waals surface area contributed by atoms with Gasteiger partial charge < -0.3 is 11.1 Å². The lowest BCUT2D eigenvalue weighted by molar-refractivity contribution is -0.120. The Kier molecular flexibility index (Phi) is 3.94. The summed E-state index contributed by atoms with van der Waals surface area (Å²) in [7, 11) is 0. The topological polar surface area (TPSA) is 55.1 Å². The molecule has 0 radical (unpaired) electrons. The third-order valence-corrected chi connectivity index (χ3v) is 2.75. The standard InChI is InChI=1S/C14H22N2O/c1-9(2)11-8-6-7-10(3)12(11)16-13(17)14(4,5)15/h6-9H,15H2,1-5H3,(H,16,17). The zero-order valence-electron chi connectivity index (χ0n) is 11.3. The minimum atomic E-state index is -0.865. The molecule has 0 bridgehead atoms. The van der Waals surface area contributed by atoms with Crippen LogP contribution in [0, 0.1) is 6.92 Å². The van der Waals surface area contributed by atoms with E-state index in [-0.39, 0.29) is 5.91 Å². The fourth-order valence-corrected chi connectivity index (χ4v) is 1.62. The van der Waals surface area contributed by atoms with Gasteiger partial charge in [0.1, 0.15) is 0 Å². The zero-order valence-corrected chi connectivity index (χ0v) is 11.3. The first kappa shape index (κ1) is 13.7. The molecular formula is C14H22N2O. The predicted octanol–water partition coefficient (Wildman–Crippen LogP) is 2.79.